The van der Waals surface area contributed by atoms with Crippen molar-refractivity contribution in [3.05, 3.63) is 35.6 Å². The molecular weight excluding hydrogens is 300 g/mol. The van der Waals surface area contributed by atoms with Gasteiger partial charge >= 0.3 is 6.18 Å². The van der Waals surface area contributed by atoms with E-state index in [9.17, 15) is 22.4 Å². The Bertz CT molecular complexity index is 529. The van der Waals surface area contributed by atoms with E-state index in [2.05, 4.69) is 0 Å². The van der Waals surface area contributed by atoms with Crippen molar-refractivity contribution in [2.45, 2.75) is 31.6 Å². The Balaban J connectivity index is 2.07. The molecule has 2 atom stereocenters. The SMILES string of the molecule is CC1CN(C(=O)Cc2ccc(F)cc2)CC(C(F)(F)F)N1C. The van der Waals surface area contributed by atoms with Gasteiger partial charge in [0.05, 0.1) is 6.42 Å². The van der Waals surface area contributed by atoms with Gasteiger partial charge in [0.15, 0.2) is 0 Å². The summed E-state index contributed by atoms with van der Waals surface area (Å²) in [4.78, 5) is 14.7. The number of amides is 1. The van der Waals surface area contributed by atoms with Gasteiger partial charge in [-0.05, 0) is 31.7 Å². The summed E-state index contributed by atoms with van der Waals surface area (Å²) in [6, 6.07) is 3.36. The van der Waals surface area contributed by atoms with Gasteiger partial charge in [-0.2, -0.15) is 13.2 Å². The van der Waals surface area contributed by atoms with Gasteiger partial charge in [-0.25, -0.2) is 4.39 Å². The summed E-state index contributed by atoms with van der Waals surface area (Å²) < 4.78 is 52.0. The van der Waals surface area contributed by atoms with Crippen LogP contribution in [-0.2, 0) is 11.2 Å². The van der Waals surface area contributed by atoms with Crippen LogP contribution < -0.4 is 0 Å². The molecule has 0 aromatic heterocycles. The first-order chi connectivity index (χ1) is 10.2. The fourth-order valence-corrected chi connectivity index (χ4v) is 2.59. The monoisotopic (exact) mass is 318 g/mol. The summed E-state index contributed by atoms with van der Waals surface area (Å²) in [5, 5.41) is 0. The summed E-state index contributed by atoms with van der Waals surface area (Å²) in [7, 11) is 1.42. The van der Waals surface area contributed by atoms with Crippen LogP contribution in [0.1, 0.15) is 12.5 Å². The van der Waals surface area contributed by atoms with Crippen molar-refractivity contribution >= 4 is 5.91 Å². The zero-order valence-electron chi connectivity index (χ0n) is 12.4. The molecule has 0 radical (unpaired) electrons. The largest absolute Gasteiger partial charge is 0.405 e. The minimum atomic E-state index is -4.38. The minimum absolute atomic E-state index is 0.0265. The highest BCUT2D eigenvalue weighted by molar-refractivity contribution is 5.79. The molecule has 7 heteroatoms. The number of benzene rings is 1. The zero-order valence-corrected chi connectivity index (χ0v) is 12.4. The van der Waals surface area contributed by atoms with E-state index in [4.69, 9.17) is 0 Å². The van der Waals surface area contributed by atoms with Gasteiger partial charge in [-0.3, -0.25) is 9.69 Å². The highest BCUT2D eigenvalue weighted by Gasteiger charge is 2.47. The van der Waals surface area contributed by atoms with Gasteiger partial charge in [-0.15, -0.1) is 0 Å². The minimum Gasteiger partial charge on any atom is -0.339 e. The number of piperazine rings is 1. The molecule has 1 fully saturated rings. The molecule has 3 nitrogen and oxygen atoms in total. The van der Waals surface area contributed by atoms with Crippen molar-refractivity contribution in [1.82, 2.24) is 9.80 Å². The van der Waals surface area contributed by atoms with Crippen LogP contribution in [0.3, 0.4) is 0 Å². The first kappa shape index (κ1) is 16.7. The molecule has 0 N–H and O–H groups in total. The van der Waals surface area contributed by atoms with E-state index in [1.807, 2.05) is 0 Å². The molecule has 0 bridgehead atoms. The molecule has 2 unspecified atom stereocenters. The molecule has 122 valence electrons. The third-order valence-electron chi connectivity index (χ3n) is 4.06. The van der Waals surface area contributed by atoms with Crippen molar-refractivity contribution in [3.63, 3.8) is 0 Å². The van der Waals surface area contributed by atoms with Crippen LogP contribution in [0.4, 0.5) is 17.6 Å². The van der Waals surface area contributed by atoms with Crippen LogP contribution in [0.2, 0.25) is 0 Å². The molecule has 0 saturated carbocycles. The third-order valence-corrected chi connectivity index (χ3v) is 4.06. The fourth-order valence-electron chi connectivity index (χ4n) is 2.59. The standard InChI is InChI=1S/C15H18F4N2O/c1-10-8-21(9-13(20(10)2)15(17,18)19)14(22)7-11-3-5-12(16)6-4-11/h3-6,10,13H,7-9H2,1-2H3. The van der Waals surface area contributed by atoms with E-state index in [-0.39, 0.29) is 31.5 Å². The molecule has 1 heterocycles. The molecule has 0 aliphatic carbocycles. The zero-order chi connectivity index (χ0) is 16.5. The lowest BCUT2D eigenvalue weighted by atomic mass is 10.1. The van der Waals surface area contributed by atoms with Gasteiger partial charge in [-0.1, -0.05) is 12.1 Å². The quantitative estimate of drug-likeness (QED) is 0.782. The number of nitrogens with zero attached hydrogens (tertiary/aromatic N) is 2. The van der Waals surface area contributed by atoms with E-state index in [0.29, 0.717) is 5.56 Å². The summed E-state index contributed by atoms with van der Waals surface area (Å²) >= 11 is 0. The highest BCUT2D eigenvalue weighted by atomic mass is 19.4. The second-order valence-corrected chi connectivity index (χ2v) is 5.67. The van der Waals surface area contributed by atoms with Gasteiger partial charge in [0.1, 0.15) is 11.9 Å². The lowest BCUT2D eigenvalue weighted by Crippen LogP contribution is -2.62. The van der Waals surface area contributed by atoms with Crippen LogP contribution in [0.25, 0.3) is 0 Å². The van der Waals surface area contributed by atoms with Crippen LogP contribution in [0, 0.1) is 5.82 Å². The number of rotatable bonds is 2. The van der Waals surface area contributed by atoms with Crippen molar-refractivity contribution in [2.24, 2.45) is 0 Å². The molecule has 1 aliphatic heterocycles. The van der Waals surface area contributed by atoms with E-state index in [1.165, 1.54) is 41.1 Å². The summed E-state index contributed by atoms with van der Waals surface area (Å²) in [6.07, 6.45) is -4.40. The summed E-state index contributed by atoms with van der Waals surface area (Å²) in [6.45, 7) is 1.55. The average Bonchev–Trinajstić information content (AvgIpc) is 2.42. The average molecular weight is 318 g/mol. The van der Waals surface area contributed by atoms with E-state index >= 15 is 0 Å². The number of alkyl halides is 3. The maximum atomic E-state index is 13.1. The third kappa shape index (κ3) is 3.76. The molecule has 2 rings (SSSR count). The number of halogens is 4. The Morgan fingerprint density at radius 2 is 1.82 bits per heavy atom. The van der Waals surface area contributed by atoms with Crippen LogP contribution in [0.15, 0.2) is 24.3 Å². The lowest BCUT2D eigenvalue weighted by Gasteiger charge is -2.44. The Morgan fingerprint density at radius 1 is 1.23 bits per heavy atom. The van der Waals surface area contributed by atoms with Gasteiger partial charge in [0.25, 0.3) is 0 Å². The Kier molecular flexibility index (Phi) is 4.75. The predicted octanol–water partition coefficient (Wildman–Crippen LogP) is 2.46. The fraction of sp³-hybridized carbons (Fsp3) is 0.533. The second kappa shape index (κ2) is 6.24. The number of carbonyl (C=O) groups is 1. The van der Waals surface area contributed by atoms with Gasteiger partial charge < -0.3 is 4.90 Å². The molecule has 1 saturated heterocycles. The topological polar surface area (TPSA) is 23.6 Å². The number of hydrogen-bond donors (Lipinski definition) is 0. The first-order valence-electron chi connectivity index (χ1n) is 6.99. The lowest BCUT2D eigenvalue weighted by molar-refractivity contribution is -0.200. The number of likely N-dealkylation sites (N-methyl/N-ethyl adjacent to an activating group) is 1. The Hall–Kier alpha value is -1.63. The van der Waals surface area contributed by atoms with Crippen LogP contribution in [-0.4, -0.2) is 54.1 Å². The number of hydrogen-bond acceptors (Lipinski definition) is 2. The van der Waals surface area contributed by atoms with Crippen LogP contribution >= 0.6 is 0 Å². The predicted molar refractivity (Wildman–Crippen MR) is 73.8 cm³/mol. The molecule has 22 heavy (non-hydrogen) atoms. The van der Waals surface area contributed by atoms with Gasteiger partial charge in [0.2, 0.25) is 5.91 Å². The summed E-state index contributed by atoms with van der Waals surface area (Å²) in [5.41, 5.74) is 0.585. The summed E-state index contributed by atoms with van der Waals surface area (Å²) in [5.74, 6) is -0.789. The maximum absolute atomic E-state index is 13.1. The van der Waals surface area contributed by atoms with Crippen molar-refractivity contribution < 1.29 is 22.4 Å². The molecule has 1 aromatic carbocycles. The maximum Gasteiger partial charge on any atom is 0.405 e. The Labute approximate surface area is 126 Å². The molecule has 1 amide bonds. The van der Waals surface area contributed by atoms with Crippen molar-refractivity contribution in [1.29, 1.82) is 0 Å². The van der Waals surface area contributed by atoms with Crippen molar-refractivity contribution in [3.8, 4) is 0 Å². The smallest absolute Gasteiger partial charge is 0.339 e. The number of carbonyl (C=O) groups excluding carboxylic acids is 1. The normalized spacial score (nSPS) is 23.6. The Morgan fingerprint density at radius 3 is 2.36 bits per heavy atom. The second-order valence-electron chi connectivity index (χ2n) is 5.67. The van der Waals surface area contributed by atoms with E-state index < -0.39 is 18.0 Å². The van der Waals surface area contributed by atoms with Crippen LogP contribution in [0.5, 0.6) is 0 Å². The molecule has 1 aromatic rings. The van der Waals surface area contributed by atoms with E-state index in [0.717, 1.165) is 0 Å². The molecule has 1 aliphatic rings. The highest BCUT2D eigenvalue weighted by Crippen LogP contribution is 2.29. The van der Waals surface area contributed by atoms with E-state index in [1.54, 1.807) is 6.92 Å². The first-order valence-corrected chi connectivity index (χ1v) is 6.99. The molecule has 0 spiro atoms. The molecular formula is C15H18F4N2O. The van der Waals surface area contributed by atoms with Gasteiger partial charge in [0, 0.05) is 19.1 Å². The van der Waals surface area contributed by atoms with Crippen molar-refractivity contribution in [2.75, 3.05) is 20.1 Å².